The lowest BCUT2D eigenvalue weighted by molar-refractivity contribution is -0.138. The second kappa shape index (κ2) is 5.57. The summed E-state index contributed by atoms with van der Waals surface area (Å²) in [6.45, 7) is 0.471. The fourth-order valence-electron chi connectivity index (χ4n) is 1.63. The van der Waals surface area contributed by atoms with Crippen LogP contribution in [0.15, 0.2) is 5.16 Å². The summed E-state index contributed by atoms with van der Waals surface area (Å²) >= 11 is 0. The van der Waals surface area contributed by atoms with Crippen molar-refractivity contribution in [1.82, 2.24) is 0 Å². The Morgan fingerprint density at radius 3 is 2.53 bits per heavy atom. The van der Waals surface area contributed by atoms with Crippen LogP contribution in [0.1, 0.15) is 32.1 Å². The second-order valence-corrected chi connectivity index (χ2v) is 4.54. The van der Waals surface area contributed by atoms with Crippen molar-refractivity contribution in [3.63, 3.8) is 0 Å². The van der Waals surface area contributed by atoms with E-state index in [9.17, 15) is 13.2 Å². The highest BCUT2D eigenvalue weighted by atomic mass is 19.4. The SMILES string of the molecule is NC(CC1(COCCCC(F)(F)F)CC1)=NO. The van der Waals surface area contributed by atoms with Crippen molar-refractivity contribution in [2.45, 2.75) is 38.3 Å². The number of rotatable bonds is 7. The van der Waals surface area contributed by atoms with Crippen molar-refractivity contribution < 1.29 is 23.1 Å². The van der Waals surface area contributed by atoms with Gasteiger partial charge in [-0.05, 0) is 19.3 Å². The standard InChI is InChI=1S/C10H17F3N2O2/c11-10(12,13)2-1-5-17-7-9(3-4-9)6-8(14)15-16/h16H,1-7H2,(H2,14,15). The lowest BCUT2D eigenvalue weighted by atomic mass is 10.0. The summed E-state index contributed by atoms with van der Waals surface area (Å²) in [5, 5.41) is 11.3. The fourth-order valence-corrected chi connectivity index (χ4v) is 1.63. The highest BCUT2D eigenvalue weighted by Crippen LogP contribution is 2.48. The van der Waals surface area contributed by atoms with Crippen LogP contribution in [0.3, 0.4) is 0 Å². The van der Waals surface area contributed by atoms with Gasteiger partial charge in [-0.15, -0.1) is 0 Å². The van der Waals surface area contributed by atoms with Gasteiger partial charge < -0.3 is 15.7 Å². The van der Waals surface area contributed by atoms with Gasteiger partial charge in [-0.2, -0.15) is 13.2 Å². The van der Waals surface area contributed by atoms with Crippen molar-refractivity contribution in [1.29, 1.82) is 0 Å². The Kier molecular flexibility index (Phi) is 4.62. The Balaban J connectivity index is 2.11. The first kappa shape index (κ1) is 14.1. The molecule has 0 bridgehead atoms. The van der Waals surface area contributed by atoms with Crippen molar-refractivity contribution in [3.05, 3.63) is 0 Å². The molecule has 0 atom stereocenters. The summed E-state index contributed by atoms with van der Waals surface area (Å²) < 4.78 is 40.7. The maximum atomic E-state index is 11.8. The number of alkyl halides is 3. The molecule has 0 saturated heterocycles. The molecule has 0 aromatic rings. The van der Waals surface area contributed by atoms with Crippen LogP contribution in [-0.4, -0.2) is 30.4 Å². The highest BCUT2D eigenvalue weighted by Gasteiger charge is 2.43. The molecule has 0 amide bonds. The third kappa shape index (κ3) is 5.76. The Morgan fingerprint density at radius 2 is 2.06 bits per heavy atom. The minimum atomic E-state index is -4.12. The molecule has 0 spiro atoms. The number of nitrogens with two attached hydrogens (primary N) is 1. The van der Waals surface area contributed by atoms with Crippen LogP contribution in [0, 0.1) is 5.41 Å². The Bertz CT molecular complexity index is 275. The summed E-state index contributed by atoms with van der Waals surface area (Å²) in [7, 11) is 0. The van der Waals surface area contributed by atoms with E-state index in [1.54, 1.807) is 0 Å². The zero-order valence-electron chi connectivity index (χ0n) is 9.46. The monoisotopic (exact) mass is 254 g/mol. The van der Waals surface area contributed by atoms with Gasteiger partial charge in [0.25, 0.3) is 0 Å². The van der Waals surface area contributed by atoms with Gasteiger partial charge in [-0.3, -0.25) is 0 Å². The van der Waals surface area contributed by atoms with Crippen LogP contribution >= 0.6 is 0 Å². The number of hydrogen-bond acceptors (Lipinski definition) is 3. The van der Waals surface area contributed by atoms with Crippen LogP contribution < -0.4 is 5.73 Å². The minimum Gasteiger partial charge on any atom is -0.409 e. The summed E-state index contributed by atoms with van der Waals surface area (Å²) in [4.78, 5) is 0. The fraction of sp³-hybridized carbons (Fsp3) is 0.900. The summed E-state index contributed by atoms with van der Waals surface area (Å²) in [5.41, 5.74) is 5.27. The molecule has 1 aliphatic rings. The van der Waals surface area contributed by atoms with Gasteiger partial charge in [0.05, 0.1) is 6.61 Å². The molecule has 0 aromatic carbocycles. The smallest absolute Gasteiger partial charge is 0.389 e. The molecule has 0 aliphatic heterocycles. The topological polar surface area (TPSA) is 67.8 Å². The molecule has 17 heavy (non-hydrogen) atoms. The van der Waals surface area contributed by atoms with E-state index in [4.69, 9.17) is 15.7 Å². The van der Waals surface area contributed by atoms with Crippen LogP contribution in [0.25, 0.3) is 0 Å². The van der Waals surface area contributed by atoms with Gasteiger partial charge in [-0.25, -0.2) is 0 Å². The van der Waals surface area contributed by atoms with Crippen molar-refractivity contribution in [2.75, 3.05) is 13.2 Å². The first-order chi connectivity index (χ1) is 7.87. The van der Waals surface area contributed by atoms with E-state index in [0.29, 0.717) is 13.0 Å². The molecule has 0 radical (unpaired) electrons. The lowest BCUT2D eigenvalue weighted by Gasteiger charge is -2.14. The zero-order valence-corrected chi connectivity index (χ0v) is 9.46. The normalized spacial score (nSPS) is 19.4. The van der Waals surface area contributed by atoms with Crippen LogP contribution in [0.2, 0.25) is 0 Å². The van der Waals surface area contributed by atoms with Crippen molar-refractivity contribution in [3.8, 4) is 0 Å². The predicted octanol–water partition coefficient (Wildman–Crippen LogP) is 2.26. The molecule has 1 fully saturated rings. The molecule has 4 nitrogen and oxygen atoms in total. The molecule has 0 heterocycles. The highest BCUT2D eigenvalue weighted by molar-refractivity contribution is 5.80. The van der Waals surface area contributed by atoms with E-state index >= 15 is 0 Å². The van der Waals surface area contributed by atoms with Crippen molar-refractivity contribution in [2.24, 2.45) is 16.3 Å². The molecule has 3 N–H and O–H groups in total. The summed E-state index contributed by atoms with van der Waals surface area (Å²) in [6, 6.07) is 0. The molecule has 100 valence electrons. The second-order valence-electron chi connectivity index (χ2n) is 4.54. The predicted molar refractivity (Wildman–Crippen MR) is 55.8 cm³/mol. The number of oxime groups is 1. The van der Waals surface area contributed by atoms with E-state index in [1.807, 2.05) is 0 Å². The molecule has 1 rings (SSSR count). The van der Waals surface area contributed by atoms with Crippen LogP contribution in [-0.2, 0) is 4.74 Å². The number of nitrogens with zero attached hydrogens (tertiary/aromatic N) is 1. The summed E-state index contributed by atoms with van der Waals surface area (Å²) in [5.74, 6) is 0.140. The number of halogens is 3. The van der Waals surface area contributed by atoms with E-state index < -0.39 is 12.6 Å². The molecular weight excluding hydrogens is 237 g/mol. The van der Waals surface area contributed by atoms with E-state index in [-0.39, 0.29) is 24.3 Å². The molecule has 7 heteroatoms. The Labute approximate surface area is 97.6 Å². The van der Waals surface area contributed by atoms with Gasteiger partial charge in [-0.1, -0.05) is 5.16 Å². The number of amidine groups is 1. The first-order valence-electron chi connectivity index (χ1n) is 5.48. The number of ether oxygens (including phenoxy) is 1. The van der Waals surface area contributed by atoms with Gasteiger partial charge in [0.15, 0.2) is 0 Å². The largest absolute Gasteiger partial charge is 0.409 e. The van der Waals surface area contributed by atoms with Crippen LogP contribution in [0.5, 0.6) is 0 Å². The Morgan fingerprint density at radius 1 is 1.41 bits per heavy atom. The molecule has 1 aliphatic carbocycles. The average Bonchev–Trinajstić information content (AvgIpc) is 2.96. The third-order valence-corrected chi connectivity index (χ3v) is 2.80. The van der Waals surface area contributed by atoms with E-state index in [0.717, 1.165) is 12.8 Å². The first-order valence-corrected chi connectivity index (χ1v) is 5.48. The molecule has 0 unspecified atom stereocenters. The quantitative estimate of drug-likeness (QED) is 0.241. The van der Waals surface area contributed by atoms with E-state index in [1.165, 1.54) is 0 Å². The van der Waals surface area contributed by atoms with Gasteiger partial charge >= 0.3 is 6.18 Å². The Hall–Kier alpha value is -0.980. The third-order valence-electron chi connectivity index (χ3n) is 2.80. The minimum absolute atomic E-state index is 0.0247. The lowest BCUT2D eigenvalue weighted by Crippen LogP contribution is -2.22. The number of hydrogen-bond donors (Lipinski definition) is 2. The van der Waals surface area contributed by atoms with Gasteiger partial charge in [0.2, 0.25) is 0 Å². The summed E-state index contributed by atoms with van der Waals surface area (Å²) in [6.07, 6.45) is -2.72. The maximum absolute atomic E-state index is 11.8. The molecular formula is C10H17F3N2O2. The molecule has 0 aromatic heterocycles. The van der Waals surface area contributed by atoms with Gasteiger partial charge in [0.1, 0.15) is 5.84 Å². The van der Waals surface area contributed by atoms with Crippen LogP contribution in [0.4, 0.5) is 13.2 Å². The average molecular weight is 254 g/mol. The van der Waals surface area contributed by atoms with E-state index in [2.05, 4.69) is 5.16 Å². The van der Waals surface area contributed by atoms with Gasteiger partial charge in [0, 0.05) is 24.9 Å². The zero-order chi connectivity index (χ0) is 12.9. The maximum Gasteiger partial charge on any atom is 0.389 e. The van der Waals surface area contributed by atoms with Crippen molar-refractivity contribution >= 4 is 5.84 Å². The molecule has 1 saturated carbocycles.